The van der Waals surface area contributed by atoms with Crippen molar-refractivity contribution in [3.63, 3.8) is 0 Å². The number of nitrogens with zero attached hydrogens (tertiary/aromatic N) is 2. The van der Waals surface area contributed by atoms with Crippen LogP contribution in [-0.4, -0.2) is 25.7 Å². The number of rotatable bonds is 3. The van der Waals surface area contributed by atoms with E-state index in [9.17, 15) is 14.9 Å². The van der Waals surface area contributed by atoms with Gasteiger partial charge >= 0.3 is 0 Å². The summed E-state index contributed by atoms with van der Waals surface area (Å²) in [7, 11) is 0. The lowest BCUT2D eigenvalue weighted by atomic mass is 9.84. The second-order valence-corrected chi connectivity index (χ2v) is 5.82. The molecule has 2 heterocycles. The number of ketones is 1. The second-order valence-electron chi connectivity index (χ2n) is 5.82. The zero-order valence-corrected chi connectivity index (χ0v) is 12.2. The van der Waals surface area contributed by atoms with Crippen LogP contribution in [0.2, 0.25) is 0 Å². The molecule has 0 saturated carbocycles. The van der Waals surface area contributed by atoms with E-state index >= 15 is 0 Å². The van der Waals surface area contributed by atoms with Gasteiger partial charge in [-0.15, -0.1) is 0 Å². The quantitative estimate of drug-likeness (QED) is 0.441. The first-order chi connectivity index (χ1) is 11.1. The Hall–Kier alpha value is -2.96. The topological polar surface area (TPSA) is 105 Å². The Balaban J connectivity index is 1.70. The number of aromatic amines is 2. The average Bonchev–Trinajstić information content (AvgIpc) is 3.19. The van der Waals surface area contributed by atoms with Gasteiger partial charge in [0.15, 0.2) is 5.78 Å². The van der Waals surface area contributed by atoms with Crippen LogP contribution in [0.1, 0.15) is 28.2 Å². The molecule has 0 radical (unpaired) electrons. The number of benzene rings is 1. The number of carbonyl (C=O) groups is 1. The standard InChI is InChI=1S/C16H14N4O3/c21-16(9-1-3-14-15(5-9)19-8-18-14)12-7-17-13-4-2-10(20(22)23)6-11(12)13/h2,4,6-9,17H,1,3,5H2,(H,18,19). The molecule has 2 aromatic heterocycles. The lowest BCUT2D eigenvalue weighted by molar-refractivity contribution is -0.384. The van der Waals surface area contributed by atoms with Gasteiger partial charge < -0.3 is 9.97 Å². The molecule has 0 saturated heterocycles. The molecule has 116 valence electrons. The van der Waals surface area contributed by atoms with Crippen LogP contribution in [0.4, 0.5) is 5.69 Å². The molecule has 0 amide bonds. The third kappa shape index (κ3) is 2.21. The summed E-state index contributed by atoms with van der Waals surface area (Å²) in [5.74, 6) is -0.0989. The van der Waals surface area contributed by atoms with Gasteiger partial charge in [-0.1, -0.05) is 0 Å². The number of non-ortho nitro benzene ring substituents is 1. The number of nitrogens with one attached hydrogen (secondary N) is 2. The summed E-state index contributed by atoms with van der Waals surface area (Å²) in [6.07, 6.45) is 5.47. The normalized spacial score (nSPS) is 17.1. The van der Waals surface area contributed by atoms with Gasteiger partial charge in [0.1, 0.15) is 0 Å². The number of nitro groups is 1. The lowest BCUT2D eigenvalue weighted by Gasteiger charge is -2.19. The van der Waals surface area contributed by atoms with E-state index in [0.717, 1.165) is 29.7 Å². The molecule has 0 fully saturated rings. The highest BCUT2D eigenvalue weighted by atomic mass is 16.6. The zero-order valence-electron chi connectivity index (χ0n) is 12.2. The molecule has 1 unspecified atom stereocenters. The van der Waals surface area contributed by atoms with Gasteiger partial charge in [-0.25, -0.2) is 4.98 Å². The number of hydrogen-bond acceptors (Lipinski definition) is 4. The van der Waals surface area contributed by atoms with Crippen LogP contribution in [0.25, 0.3) is 10.9 Å². The Morgan fingerprint density at radius 3 is 3.04 bits per heavy atom. The van der Waals surface area contributed by atoms with Crippen molar-refractivity contribution in [2.24, 2.45) is 5.92 Å². The predicted molar refractivity (Wildman–Crippen MR) is 83.4 cm³/mol. The van der Waals surface area contributed by atoms with Gasteiger partial charge in [0.2, 0.25) is 0 Å². The average molecular weight is 310 g/mol. The number of aryl methyl sites for hydroxylation is 1. The molecule has 0 spiro atoms. The maximum absolute atomic E-state index is 12.9. The number of fused-ring (bicyclic) bond motifs is 2. The van der Waals surface area contributed by atoms with E-state index in [2.05, 4.69) is 15.0 Å². The van der Waals surface area contributed by atoms with Crippen molar-refractivity contribution in [3.8, 4) is 0 Å². The predicted octanol–water partition coefficient (Wildman–Crippen LogP) is 2.79. The van der Waals surface area contributed by atoms with Crippen LogP contribution in [0.3, 0.4) is 0 Å². The Kier molecular flexibility index (Phi) is 3.00. The molecule has 2 N–H and O–H groups in total. The summed E-state index contributed by atoms with van der Waals surface area (Å²) in [5, 5.41) is 11.6. The molecule has 1 aliphatic rings. The molecule has 4 rings (SSSR count). The van der Waals surface area contributed by atoms with Crippen molar-refractivity contribution in [3.05, 3.63) is 57.8 Å². The van der Waals surface area contributed by atoms with E-state index in [1.807, 2.05) is 0 Å². The lowest BCUT2D eigenvalue weighted by Crippen LogP contribution is -2.22. The fourth-order valence-electron chi connectivity index (χ4n) is 3.27. The third-order valence-corrected chi connectivity index (χ3v) is 4.50. The van der Waals surface area contributed by atoms with E-state index in [1.54, 1.807) is 18.6 Å². The molecule has 7 heteroatoms. The first-order valence-corrected chi connectivity index (χ1v) is 7.44. The number of carbonyl (C=O) groups excluding carboxylic acids is 1. The highest BCUT2D eigenvalue weighted by molar-refractivity contribution is 6.09. The highest BCUT2D eigenvalue weighted by Gasteiger charge is 2.28. The van der Waals surface area contributed by atoms with Crippen LogP contribution >= 0.6 is 0 Å². The number of aromatic nitrogens is 3. The second kappa shape index (κ2) is 5.05. The Morgan fingerprint density at radius 2 is 2.22 bits per heavy atom. The van der Waals surface area contributed by atoms with Crippen LogP contribution in [0.5, 0.6) is 0 Å². The number of imidazole rings is 1. The van der Waals surface area contributed by atoms with E-state index in [-0.39, 0.29) is 17.4 Å². The molecule has 23 heavy (non-hydrogen) atoms. The maximum atomic E-state index is 12.9. The monoisotopic (exact) mass is 310 g/mol. The molecule has 1 aliphatic carbocycles. The summed E-state index contributed by atoms with van der Waals surface area (Å²) >= 11 is 0. The highest BCUT2D eigenvalue weighted by Crippen LogP contribution is 2.30. The molecular formula is C16H14N4O3. The summed E-state index contributed by atoms with van der Waals surface area (Å²) in [6.45, 7) is 0. The fraction of sp³-hybridized carbons (Fsp3) is 0.250. The van der Waals surface area contributed by atoms with Crippen LogP contribution in [0, 0.1) is 16.0 Å². The fourth-order valence-corrected chi connectivity index (χ4v) is 3.27. The third-order valence-electron chi connectivity index (χ3n) is 4.50. The molecule has 0 aliphatic heterocycles. The zero-order chi connectivity index (χ0) is 16.0. The smallest absolute Gasteiger partial charge is 0.270 e. The minimum atomic E-state index is -0.446. The van der Waals surface area contributed by atoms with Crippen molar-refractivity contribution in [1.82, 2.24) is 15.0 Å². The van der Waals surface area contributed by atoms with Crippen LogP contribution in [-0.2, 0) is 12.8 Å². The van der Waals surface area contributed by atoms with Crippen LogP contribution in [0.15, 0.2) is 30.7 Å². The molecule has 1 aromatic carbocycles. The van der Waals surface area contributed by atoms with Crippen molar-refractivity contribution >= 4 is 22.4 Å². The summed E-state index contributed by atoms with van der Waals surface area (Å²) < 4.78 is 0. The van der Waals surface area contributed by atoms with Crippen molar-refractivity contribution < 1.29 is 9.72 Å². The summed E-state index contributed by atoms with van der Waals surface area (Å²) in [6, 6.07) is 4.53. The minimum Gasteiger partial charge on any atom is -0.360 e. The summed E-state index contributed by atoms with van der Waals surface area (Å²) in [4.78, 5) is 33.7. The van der Waals surface area contributed by atoms with Gasteiger partial charge in [-0.3, -0.25) is 14.9 Å². The van der Waals surface area contributed by atoms with E-state index in [0.29, 0.717) is 17.4 Å². The van der Waals surface area contributed by atoms with Gasteiger partial charge in [-0.05, 0) is 25.3 Å². The molecule has 1 atom stereocenters. The Bertz CT molecular complexity index is 924. The minimum absolute atomic E-state index is 0.00866. The van der Waals surface area contributed by atoms with Crippen molar-refractivity contribution in [2.45, 2.75) is 19.3 Å². The van der Waals surface area contributed by atoms with E-state index < -0.39 is 4.92 Å². The number of nitro benzene ring substituents is 1. The van der Waals surface area contributed by atoms with Crippen LogP contribution < -0.4 is 0 Å². The summed E-state index contributed by atoms with van der Waals surface area (Å²) in [5.41, 5.74) is 3.29. The van der Waals surface area contributed by atoms with Gasteiger partial charge in [0.05, 0.1) is 16.9 Å². The van der Waals surface area contributed by atoms with Gasteiger partial charge in [0, 0.05) is 46.4 Å². The number of hydrogen-bond donors (Lipinski definition) is 2. The molecule has 0 bridgehead atoms. The largest absolute Gasteiger partial charge is 0.360 e. The van der Waals surface area contributed by atoms with Gasteiger partial charge in [-0.2, -0.15) is 0 Å². The molecule has 7 nitrogen and oxygen atoms in total. The Morgan fingerprint density at radius 1 is 1.35 bits per heavy atom. The van der Waals surface area contributed by atoms with Gasteiger partial charge in [0.25, 0.3) is 5.69 Å². The first kappa shape index (κ1) is 13.7. The maximum Gasteiger partial charge on any atom is 0.270 e. The van der Waals surface area contributed by atoms with E-state index in [4.69, 9.17) is 0 Å². The Labute approximate surface area is 130 Å². The number of H-pyrrole nitrogens is 2. The molecule has 3 aromatic rings. The van der Waals surface area contributed by atoms with Crippen molar-refractivity contribution in [1.29, 1.82) is 0 Å². The first-order valence-electron chi connectivity index (χ1n) is 7.44. The van der Waals surface area contributed by atoms with Crippen molar-refractivity contribution in [2.75, 3.05) is 0 Å². The van der Waals surface area contributed by atoms with E-state index in [1.165, 1.54) is 12.1 Å². The molecular weight excluding hydrogens is 296 g/mol. The SMILES string of the molecule is O=C(c1c[nH]c2ccc([N+](=O)[O-])cc12)C1CCc2nc[nH]c2C1. The number of Topliss-reactive ketones (excluding diaryl/α,β-unsaturated/α-hetero) is 1.